The summed E-state index contributed by atoms with van der Waals surface area (Å²) < 4.78 is 35.8. The maximum atomic E-state index is 11.9. The van der Waals surface area contributed by atoms with Gasteiger partial charge in [0.1, 0.15) is 0 Å². The Morgan fingerprint density at radius 3 is 2.12 bits per heavy atom. The Bertz CT molecular complexity index is 352. The lowest BCUT2D eigenvalue weighted by molar-refractivity contribution is -0.178. The average molecular weight is 251 g/mol. The molecule has 2 fully saturated rings. The van der Waals surface area contributed by atoms with Gasteiger partial charge >= 0.3 is 18.1 Å². The first-order chi connectivity index (χ1) is 7.72. The molecule has 2 rings (SSSR count). The molecular weight excluding hydrogens is 239 g/mol. The van der Waals surface area contributed by atoms with Crippen LogP contribution < -0.4 is 5.32 Å². The highest BCUT2D eigenvalue weighted by Gasteiger charge is 2.56. The Morgan fingerprint density at radius 2 is 1.71 bits per heavy atom. The number of carboxylic acid groups (broad SMARTS) is 1. The van der Waals surface area contributed by atoms with E-state index in [9.17, 15) is 22.8 Å². The van der Waals surface area contributed by atoms with Crippen LogP contribution in [0.15, 0.2) is 0 Å². The van der Waals surface area contributed by atoms with Crippen LogP contribution in [0.1, 0.15) is 25.7 Å². The number of aliphatic carboxylic acids is 1. The maximum Gasteiger partial charge on any atom is 0.471 e. The standard InChI is InChI=1S/C10H12F3NO3/c11-10(12,13)8(17)14-6-3-9(4-6)1-5(2-9)7(15)16/h5-6H,1-4H2,(H,14,17)(H,15,16). The van der Waals surface area contributed by atoms with E-state index in [1.54, 1.807) is 0 Å². The first-order valence-corrected chi connectivity index (χ1v) is 5.32. The first kappa shape index (κ1) is 12.2. The molecule has 0 bridgehead atoms. The van der Waals surface area contributed by atoms with Gasteiger partial charge in [0.15, 0.2) is 0 Å². The van der Waals surface area contributed by atoms with E-state index >= 15 is 0 Å². The highest BCUT2D eigenvalue weighted by atomic mass is 19.4. The number of amides is 1. The minimum absolute atomic E-state index is 0.132. The normalized spacial score (nSPS) is 35.9. The fourth-order valence-corrected chi connectivity index (χ4v) is 2.85. The monoisotopic (exact) mass is 251 g/mol. The summed E-state index contributed by atoms with van der Waals surface area (Å²) in [6.45, 7) is 0. The molecule has 0 radical (unpaired) electrons. The second kappa shape index (κ2) is 3.61. The average Bonchev–Trinajstić information content (AvgIpc) is 2.03. The number of halogens is 3. The van der Waals surface area contributed by atoms with Crippen molar-refractivity contribution in [2.75, 3.05) is 0 Å². The summed E-state index contributed by atoms with van der Waals surface area (Å²) in [6, 6.07) is -0.459. The van der Waals surface area contributed by atoms with Crippen LogP contribution >= 0.6 is 0 Å². The molecule has 0 aromatic carbocycles. The van der Waals surface area contributed by atoms with E-state index in [4.69, 9.17) is 5.11 Å². The quantitative estimate of drug-likeness (QED) is 0.777. The van der Waals surface area contributed by atoms with Gasteiger partial charge in [0.05, 0.1) is 5.92 Å². The van der Waals surface area contributed by atoms with Crippen LogP contribution in [0.2, 0.25) is 0 Å². The summed E-state index contributed by atoms with van der Waals surface area (Å²) in [5.41, 5.74) is -0.132. The van der Waals surface area contributed by atoms with Gasteiger partial charge in [0.25, 0.3) is 0 Å². The predicted molar refractivity (Wildman–Crippen MR) is 50.0 cm³/mol. The lowest BCUT2D eigenvalue weighted by Crippen LogP contribution is -2.58. The summed E-state index contributed by atoms with van der Waals surface area (Å²) >= 11 is 0. The van der Waals surface area contributed by atoms with Gasteiger partial charge in [-0.3, -0.25) is 9.59 Å². The summed E-state index contributed by atoms with van der Waals surface area (Å²) in [5.74, 6) is -3.13. The third-order valence-electron chi connectivity index (χ3n) is 3.66. The molecule has 0 unspecified atom stereocenters. The molecule has 1 amide bonds. The number of rotatable bonds is 2. The molecule has 2 aliphatic carbocycles. The molecule has 0 atom stereocenters. The van der Waals surface area contributed by atoms with Crippen molar-refractivity contribution in [1.82, 2.24) is 5.32 Å². The molecule has 0 aromatic rings. The molecule has 0 aromatic heterocycles. The predicted octanol–water partition coefficient (Wildman–Crippen LogP) is 1.31. The van der Waals surface area contributed by atoms with E-state index in [1.165, 1.54) is 0 Å². The Kier molecular flexibility index (Phi) is 2.59. The number of carboxylic acids is 1. The largest absolute Gasteiger partial charge is 0.481 e. The van der Waals surface area contributed by atoms with Crippen molar-refractivity contribution in [3.8, 4) is 0 Å². The van der Waals surface area contributed by atoms with Crippen molar-refractivity contribution in [2.24, 2.45) is 11.3 Å². The fourth-order valence-electron chi connectivity index (χ4n) is 2.85. The Morgan fingerprint density at radius 1 is 1.18 bits per heavy atom. The summed E-state index contributed by atoms with van der Waals surface area (Å²) in [6.07, 6.45) is -2.90. The van der Waals surface area contributed by atoms with E-state index in [1.807, 2.05) is 5.32 Å². The smallest absolute Gasteiger partial charge is 0.471 e. The Labute approximate surface area is 95.2 Å². The van der Waals surface area contributed by atoms with Crippen LogP contribution in [-0.4, -0.2) is 29.2 Å². The third-order valence-corrected chi connectivity index (χ3v) is 3.66. The molecule has 7 heteroatoms. The van der Waals surface area contributed by atoms with Crippen LogP contribution in [0, 0.1) is 11.3 Å². The van der Waals surface area contributed by atoms with E-state index in [0.29, 0.717) is 25.7 Å². The van der Waals surface area contributed by atoms with E-state index in [2.05, 4.69) is 0 Å². The molecule has 0 heterocycles. The topological polar surface area (TPSA) is 66.4 Å². The van der Waals surface area contributed by atoms with Crippen molar-refractivity contribution < 1.29 is 27.9 Å². The second-order valence-electron chi connectivity index (χ2n) is 5.02. The van der Waals surface area contributed by atoms with Crippen LogP contribution in [0.25, 0.3) is 0 Å². The lowest BCUT2D eigenvalue weighted by Gasteiger charge is -2.56. The molecule has 17 heavy (non-hydrogen) atoms. The highest BCUT2D eigenvalue weighted by Crippen LogP contribution is 2.58. The van der Waals surface area contributed by atoms with Gasteiger partial charge < -0.3 is 10.4 Å². The Hall–Kier alpha value is -1.27. The van der Waals surface area contributed by atoms with Crippen LogP contribution in [0.4, 0.5) is 13.2 Å². The summed E-state index contributed by atoms with van der Waals surface area (Å²) in [7, 11) is 0. The zero-order valence-electron chi connectivity index (χ0n) is 8.88. The van der Waals surface area contributed by atoms with Gasteiger partial charge in [-0.2, -0.15) is 13.2 Å². The second-order valence-corrected chi connectivity index (χ2v) is 5.02. The molecule has 2 aliphatic rings. The number of carbonyl (C=O) groups is 2. The molecule has 0 aliphatic heterocycles. The molecule has 2 saturated carbocycles. The van der Waals surface area contributed by atoms with Gasteiger partial charge in [0, 0.05) is 6.04 Å². The van der Waals surface area contributed by atoms with Gasteiger partial charge in [0.2, 0.25) is 0 Å². The number of nitrogens with one attached hydrogen (secondary N) is 1. The zero-order valence-corrected chi connectivity index (χ0v) is 8.88. The Balaban J connectivity index is 1.74. The molecule has 96 valence electrons. The summed E-state index contributed by atoms with van der Waals surface area (Å²) in [4.78, 5) is 21.2. The van der Waals surface area contributed by atoms with Gasteiger partial charge in [-0.15, -0.1) is 0 Å². The minimum Gasteiger partial charge on any atom is -0.481 e. The molecule has 1 spiro atoms. The number of alkyl halides is 3. The third kappa shape index (κ3) is 2.23. The highest BCUT2D eigenvalue weighted by molar-refractivity contribution is 5.82. The number of carbonyl (C=O) groups excluding carboxylic acids is 1. The van der Waals surface area contributed by atoms with E-state index in [0.717, 1.165) is 0 Å². The van der Waals surface area contributed by atoms with Crippen molar-refractivity contribution in [3.05, 3.63) is 0 Å². The SMILES string of the molecule is O=C(O)C1CC2(CC(NC(=O)C(F)(F)F)C2)C1. The first-order valence-electron chi connectivity index (χ1n) is 5.32. The van der Waals surface area contributed by atoms with Crippen molar-refractivity contribution >= 4 is 11.9 Å². The summed E-state index contributed by atoms with van der Waals surface area (Å²) in [5, 5.41) is 10.6. The fraction of sp³-hybridized carbons (Fsp3) is 0.800. The molecule has 4 nitrogen and oxygen atoms in total. The zero-order chi connectivity index (χ0) is 12.8. The number of hydrogen-bond acceptors (Lipinski definition) is 2. The maximum absolute atomic E-state index is 11.9. The number of hydrogen-bond donors (Lipinski definition) is 2. The van der Waals surface area contributed by atoms with Gasteiger partial charge in [-0.1, -0.05) is 0 Å². The van der Waals surface area contributed by atoms with Gasteiger partial charge in [-0.25, -0.2) is 0 Å². The van der Waals surface area contributed by atoms with Crippen molar-refractivity contribution in [3.63, 3.8) is 0 Å². The minimum atomic E-state index is -4.84. The molecule has 0 saturated heterocycles. The van der Waals surface area contributed by atoms with Gasteiger partial charge in [-0.05, 0) is 31.1 Å². The van der Waals surface area contributed by atoms with Crippen molar-refractivity contribution in [1.29, 1.82) is 0 Å². The van der Waals surface area contributed by atoms with Crippen LogP contribution in [-0.2, 0) is 9.59 Å². The van der Waals surface area contributed by atoms with E-state index in [-0.39, 0.29) is 11.3 Å². The van der Waals surface area contributed by atoms with Crippen LogP contribution in [0.5, 0.6) is 0 Å². The van der Waals surface area contributed by atoms with E-state index < -0.39 is 24.1 Å². The lowest BCUT2D eigenvalue weighted by atomic mass is 9.50. The molecular formula is C10H12F3NO3. The van der Waals surface area contributed by atoms with Crippen molar-refractivity contribution in [2.45, 2.75) is 37.9 Å². The molecule has 2 N–H and O–H groups in total. The van der Waals surface area contributed by atoms with Crippen LogP contribution in [0.3, 0.4) is 0 Å².